The zero-order valence-corrected chi connectivity index (χ0v) is 12.9. The molecule has 1 aliphatic heterocycles. The van der Waals surface area contributed by atoms with Crippen molar-refractivity contribution in [2.24, 2.45) is 0 Å². The third kappa shape index (κ3) is 2.51. The number of hydrogen-bond donors (Lipinski definition) is 2. The largest absolute Gasteiger partial charge is 0.377 e. The van der Waals surface area contributed by atoms with Gasteiger partial charge < -0.3 is 19.6 Å². The Morgan fingerprint density at radius 2 is 2.22 bits per heavy atom. The molecule has 3 aromatic rings. The van der Waals surface area contributed by atoms with E-state index >= 15 is 0 Å². The van der Waals surface area contributed by atoms with Crippen LogP contribution in [-0.2, 0) is 4.74 Å². The third-order valence-electron chi connectivity index (χ3n) is 4.19. The number of benzene rings is 1. The monoisotopic (exact) mass is 310 g/mol. The van der Waals surface area contributed by atoms with Gasteiger partial charge in [-0.05, 0) is 19.1 Å². The summed E-state index contributed by atoms with van der Waals surface area (Å²) in [5, 5.41) is 1.04. The molecule has 2 aromatic heterocycles. The van der Waals surface area contributed by atoms with Crippen LogP contribution >= 0.6 is 0 Å². The Morgan fingerprint density at radius 1 is 1.35 bits per heavy atom. The lowest BCUT2D eigenvalue weighted by molar-refractivity contribution is -0.00526. The smallest absolute Gasteiger partial charge is 0.271 e. The number of ether oxygens (including phenoxy) is 1. The number of nitrogens with one attached hydrogen (secondary N) is 2. The molecular weight excluding hydrogens is 292 g/mol. The van der Waals surface area contributed by atoms with Crippen molar-refractivity contribution < 1.29 is 9.53 Å². The first kappa shape index (κ1) is 14.0. The highest BCUT2D eigenvalue weighted by atomic mass is 16.5. The van der Waals surface area contributed by atoms with Crippen LogP contribution in [0.4, 0.5) is 0 Å². The number of morpholine rings is 1. The number of amides is 1. The molecule has 0 radical (unpaired) electrons. The van der Waals surface area contributed by atoms with E-state index in [1.807, 2.05) is 42.2 Å². The molecule has 3 heterocycles. The topological polar surface area (TPSA) is 74.0 Å². The molecule has 1 atom stereocenters. The number of imidazole rings is 1. The molecule has 0 bridgehead atoms. The minimum absolute atomic E-state index is 0.0245. The van der Waals surface area contributed by atoms with Crippen molar-refractivity contribution in [3.05, 3.63) is 53.7 Å². The van der Waals surface area contributed by atoms with Gasteiger partial charge in [0, 0.05) is 29.3 Å². The number of aryl methyl sites for hydroxylation is 1. The van der Waals surface area contributed by atoms with Crippen molar-refractivity contribution in [1.29, 1.82) is 0 Å². The lowest BCUT2D eigenvalue weighted by atomic mass is 10.2. The first-order valence-electron chi connectivity index (χ1n) is 7.70. The molecule has 6 nitrogen and oxygen atoms in total. The summed E-state index contributed by atoms with van der Waals surface area (Å²) in [4.78, 5) is 25.6. The molecule has 0 unspecified atom stereocenters. The minimum Gasteiger partial charge on any atom is -0.377 e. The Labute approximate surface area is 133 Å². The summed E-state index contributed by atoms with van der Waals surface area (Å²) in [6.07, 6.45) is 1.77. The van der Waals surface area contributed by atoms with Crippen LogP contribution in [0.5, 0.6) is 0 Å². The van der Waals surface area contributed by atoms with Crippen molar-refractivity contribution >= 4 is 16.8 Å². The molecule has 1 aromatic carbocycles. The van der Waals surface area contributed by atoms with E-state index in [1.165, 1.54) is 0 Å². The van der Waals surface area contributed by atoms with E-state index in [-0.39, 0.29) is 11.9 Å². The lowest BCUT2D eigenvalue weighted by Crippen LogP contribution is -2.44. The predicted octanol–water partition coefficient (Wildman–Crippen LogP) is 2.41. The van der Waals surface area contributed by atoms with E-state index in [4.69, 9.17) is 4.74 Å². The van der Waals surface area contributed by atoms with Gasteiger partial charge in [-0.15, -0.1) is 0 Å². The van der Waals surface area contributed by atoms with Crippen molar-refractivity contribution in [1.82, 2.24) is 19.9 Å². The second-order valence-corrected chi connectivity index (χ2v) is 5.81. The van der Waals surface area contributed by atoms with Crippen LogP contribution in [0.2, 0.25) is 0 Å². The van der Waals surface area contributed by atoms with Crippen molar-refractivity contribution in [2.75, 3.05) is 19.8 Å². The maximum Gasteiger partial charge on any atom is 0.271 e. The third-order valence-corrected chi connectivity index (χ3v) is 4.19. The van der Waals surface area contributed by atoms with Gasteiger partial charge in [-0.25, -0.2) is 4.98 Å². The van der Waals surface area contributed by atoms with Gasteiger partial charge in [0.15, 0.2) is 0 Å². The van der Waals surface area contributed by atoms with Crippen LogP contribution < -0.4 is 0 Å². The molecular formula is C17H18N4O2. The molecule has 6 heteroatoms. The van der Waals surface area contributed by atoms with E-state index in [0.717, 1.165) is 22.4 Å². The van der Waals surface area contributed by atoms with Gasteiger partial charge in [-0.3, -0.25) is 4.79 Å². The first-order chi connectivity index (χ1) is 11.2. The lowest BCUT2D eigenvalue weighted by Gasteiger charge is -2.34. The number of hydrogen-bond acceptors (Lipinski definition) is 3. The van der Waals surface area contributed by atoms with E-state index in [0.29, 0.717) is 25.5 Å². The Bertz CT molecular complexity index is 818. The molecule has 1 saturated heterocycles. The number of nitrogens with zero attached hydrogens (tertiary/aromatic N) is 2. The number of carbonyl (C=O) groups excluding carboxylic acids is 1. The Hall–Kier alpha value is -2.60. The van der Waals surface area contributed by atoms with Gasteiger partial charge in [0.25, 0.3) is 5.91 Å². The Morgan fingerprint density at radius 3 is 3.00 bits per heavy atom. The molecule has 2 N–H and O–H groups in total. The highest BCUT2D eigenvalue weighted by Crippen LogP contribution is 2.25. The minimum atomic E-state index is -0.184. The normalized spacial score (nSPS) is 18.5. The predicted molar refractivity (Wildman–Crippen MR) is 86.2 cm³/mol. The molecule has 0 saturated carbocycles. The average molecular weight is 310 g/mol. The summed E-state index contributed by atoms with van der Waals surface area (Å²) in [5.74, 6) is 0.746. The van der Waals surface area contributed by atoms with Crippen molar-refractivity contribution in [3.63, 3.8) is 0 Å². The van der Waals surface area contributed by atoms with Crippen molar-refractivity contribution in [3.8, 4) is 0 Å². The molecule has 118 valence electrons. The summed E-state index contributed by atoms with van der Waals surface area (Å²) < 4.78 is 5.56. The number of aromatic amines is 2. The van der Waals surface area contributed by atoms with Gasteiger partial charge in [0.2, 0.25) is 0 Å². The van der Waals surface area contributed by atoms with Gasteiger partial charge in [-0.1, -0.05) is 18.2 Å². The molecule has 0 aliphatic carbocycles. The Kier molecular flexibility index (Phi) is 3.38. The van der Waals surface area contributed by atoms with E-state index in [9.17, 15) is 4.79 Å². The molecule has 1 amide bonds. The van der Waals surface area contributed by atoms with Crippen LogP contribution in [0.15, 0.2) is 36.5 Å². The molecule has 4 rings (SSSR count). The summed E-state index contributed by atoms with van der Waals surface area (Å²) in [7, 11) is 0. The molecule has 1 fully saturated rings. The van der Waals surface area contributed by atoms with Crippen LogP contribution in [-0.4, -0.2) is 45.5 Å². The van der Waals surface area contributed by atoms with Crippen LogP contribution in [0, 0.1) is 6.92 Å². The van der Waals surface area contributed by atoms with Crippen LogP contribution in [0.3, 0.4) is 0 Å². The zero-order chi connectivity index (χ0) is 15.8. The van der Waals surface area contributed by atoms with Crippen LogP contribution in [0.25, 0.3) is 10.9 Å². The number of para-hydroxylation sites is 1. The standard InChI is InChI=1S/C17H18N4O2/c1-11-9-18-16(19-11)15-10-23-7-6-21(15)17(22)14-8-12-4-2-3-5-13(12)20-14/h2-5,8-9,15,20H,6-7,10H2,1H3,(H,18,19)/t15-/m0/s1. The zero-order valence-electron chi connectivity index (χ0n) is 12.9. The highest BCUT2D eigenvalue weighted by Gasteiger charge is 2.31. The van der Waals surface area contributed by atoms with Gasteiger partial charge >= 0.3 is 0 Å². The first-order valence-corrected chi connectivity index (χ1v) is 7.70. The Balaban J connectivity index is 1.67. The van der Waals surface area contributed by atoms with Gasteiger partial charge in [0.1, 0.15) is 17.6 Å². The quantitative estimate of drug-likeness (QED) is 0.763. The number of fused-ring (bicyclic) bond motifs is 1. The second-order valence-electron chi connectivity index (χ2n) is 5.81. The molecule has 23 heavy (non-hydrogen) atoms. The average Bonchev–Trinajstić information content (AvgIpc) is 3.20. The SMILES string of the molecule is Cc1cnc([C@@H]2COCCN2C(=O)c2cc3ccccc3[nH]2)[nH]1. The van der Waals surface area contributed by atoms with Crippen LogP contribution in [0.1, 0.15) is 28.0 Å². The maximum atomic E-state index is 13.0. The second kappa shape index (κ2) is 5.55. The fourth-order valence-electron chi connectivity index (χ4n) is 3.02. The molecule has 0 spiro atoms. The number of rotatable bonds is 2. The van der Waals surface area contributed by atoms with Gasteiger partial charge in [0.05, 0.1) is 13.2 Å². The maximum absolute atomic E-state index is 13.0. The fourth-order valence-corrected chi connectivity index (χ4v) is 3.02. The van der Waals surface area contributed by atoms with Gasteiger partial charge in [-0.2, -0.15) is 0 Å². The molecule has 1 aliphatic rings. The summed E-state index contributed by atoms with van der Waals surface area (Å²) >= 11 is 0. The number of carbonyl (C=O) groups is 1. The summed E-state index contributed by atoms with van der Waals surface area (Å²) in [5.41, 5.74) is 2.54. The van der Waals surface area contributed by atoms with E-state index < -0.39 is 0 Å². The summed E-state index contributed by atoms with van der Waals surface area (Å²) in [6, 6.07) is 9.60. The van der Waals surface area contributed by atoms with E-state index in [1.54, 1.807) is 6.20 Å². The van der Waals surface area contributed by atoms with Crippen molar-refractivity contribution in [2.45, 2.75) is 13.0 Å². The summed E-state index contributed by atoms with van der Waals surface area (Å²) in [6.45, 7) is 3.50. The number of H-pyrrole nitrogens is 2. The number of aromatic nitrogens is 3. The van der Waals surface area contributed by atoms with E-state index in [2.05, 4.69) is 15.0 Å². The highest BCUT2D eigenvalue weighted by molar-refractivity contribution is 5.98. The fraction of sp³-hybridized carbons (Fsp3) is 0.294.